The Kier molecular flexibility index (Phi) is 4.56. The first-order valence-corrected chi connectivity index (χ1v) is 6.40. The van der Waals surface area contributed by atoms with Gasteiger partial charge in [-0.15, -0.1) is 0 Å². The number of anilines is 1. The van der Waals surface area contributed by atoms with Crippen LogP contribution in [-0.2, 0) is 0 Å². The van der Waals surface area contributed by atoms with E-state index in [2.05, 4.69) is 20.3 Å². The smallest absolute Gasteiger partial charge is 0.358 e. The minimum absolute atomic E-state index is 0.0314. The topological polar surface area (TPSA) is 105 Å². The van der Waals surface area contributed by atoms with E-state index in [0.29, 0.717) is 0 Å². The van der Waals surface area contributed by atoms with E-state index in [1.165, 1.54) is 12.4 Å². The van der Waals surface area contributed by atoms with Crippen molar-refractivity contribution in [1.29, 1.82) is 0 Å². The molecule has 1 amide bonds. The van der Waals surface area contributed by atoms with Crippen molar-refractivity contribution in [2.45, 2.75) is 0 Å². The predicted molar refractivity (Wildman–Crippen MR) is 76.2 cm³/mol. The zero-order valence-corrected chi connectivity index (χ0v) is 12.2. The van der Waals surface area contributed by atoms with Gasteiger partial charge in [0.05, 0.1) is 15.1 Å². The van der Waals surface area contributed by atoms with Crippen LogP contribution >= 0.6 is 34.8 Å². The van der Waals surface area contributed by atoms with Gasteiger partial charge in [-0.2, -0.15) is 0 Å². The molecule has 0 fully saturated rings. The number of carboxylic acids is 1. The van der Waals surface area contributed by atoms with Gasteiger partial charge in [0.15, 0.2) is 11.5 Å². The number of halogens is 3. The number of carbonyl (C=O) groups excluding carboxylic acids is 1. The molecule has 0 aliphatic carbocycles. The highest BCUT2D eigenvalue weighted by molar-refractivity contribution is 6.49. The predicted octanol–water partition coefficient (Wildman–Crippen LogP) is 2.78. The van der Waals surface area contributed by atoms with Crippen LogP contribution in [0.5, 0.6) is 0 Å². The van der Waals surface area contributed by atoms with Crippen molar-refractivity contribution in [1.82, 2.24) is 15.0 Å². The highest BCUT2D eigenvalue weighted by Gasteiger charge is 2.20. The summed E-state index contributed by atoms with van der Waals surface area (Å²) in [7, 11) is 0. The molecule has 2 heterocycles. The molecular weight excluding hydrogens is 343 g/mol. The van der Waals surface area contributed by atoms with Gasteiger partial charge >= 0.3 is 5.97 Å². The number of hydrogen-bond acceptors (Lipinski definition) is 5. The average molecular weight is 348 g/mol. The van der Waals surface area contributed by atoms with Crippen LogP contribution in [0.2, 0.25) is 15.1 Å². The van der Waals surface area contributed by atoms with Gasteiger partial charge in [0.2, 0.25) is 0 Å². The van der Waals surface area contributed by atoms with E-state index in [9.17, 15) is 9.59 Å². The zero-order valence-electron chi connectivity index (χ0n) is 9.97. The first-order chi connectivity index (χ1) is 9.91. The molecule has 0 saturated heterocycles. The second-order valence-electron chi connectivity index (χ2n) is 3.60. The first-order valence-electron chi connectivity index (χ1n) is 5.27. The van der Waals surface area contributed by atoms with Gasteiger partial charge in [-0.05, 0) is 0 Å². The van der Waals surface area contributed by atoms with Crippen molar-refractivity contribution in [3.63, 3.8) is 0 Å². The van der Waals surface area contributed by atoms with Crippen LogP contribution in [0, 0.1) is 0 Å². The van der Waals surface area contributed by atoms with E-state index in [-0.39, 0.29) is 26.6 Å². The summed E-state index contributed by atoms with van der Waals surface area (Å²) in [5.41, 5.74) is -0.630. The molecule has 2 aromatic rings. The SMILES string of the molecule is O=C(O)c1nccnc1NC(=O)c1ncc(Cl)c(Cl)c1Cl. The van der Waals surface area contributed by atoms with E-state index in [1.807, 2.05) is 0 Å². The van der Waals surface area contributed by atoms with Gasteiger partial charge in [-0.3, -0.25) is 4.79 Å². The number of amides is 1. The fourth-order valence-electron chi connectivity index (χ4n) is 1.35. The number of carbonyl (C=O) groups is 2. The molecule has 2 aromatic heterocycles. The Morgan fingerprint density at radius 3 is 2.33 bits per heavy atom. The van der Waals surface area contributed by atoms with Crippen molar-refractivity contribution < 1.29 is 14.7 Å². The normalized spacial score (nSPS) is 10.2. The Bertz CT molecular complexity index is 739. The van der Waals surface area contributed by atoms with E-state index >= 15 is 0 Å². The Labute approximate surface area is 132 Å². The number of aromatic carboxylic acids is 1. The molecular formula is C11H5Cl3N4O3. The third-order valence-electron chi connectivity index (χ3n) is 2.27. The third kappa shape index (κ3) is 3.21. The number of hydrogen-bond donors (Lipinski definition) is 2. The highest BCUT2D eigenvalue weighted by atomic mass is 35.5. The molecule has 0 atom stereocenters. The summed E-state index contributed by atoms with van der Waals surface area (Å²) in [4.78, 5) is 34.1. The van der Waals surface area contributed by atoms with Crippen molar-refractivity contribution in [3.05, 3.63) is 45.0 Å². The molecule has 0 aromatic carbocycles. The lowest BCUT2D eigenvalue weighted by molar-refractivity contribution is 0.0691. The molecule has 0 unspecified atom stereocenters. The molecule has 21 heavy (non-hydrogen) atoms. The third-order valence-corrected chi connectivity index (χ3v) is 3.51. The van der Waals surface area contributed by atoms with Crippen molar-refractivity contribution >= 4 is 52.5 Å². The number of rotatable bonds is 3. The van der Waals surface area contributed by atoms with E-state index in [4.69, 9.17) is 39.9 Å². The van der Waals surface area contributed by atoms with E-state index in [1.54, 1.807) is 0 Å². The van der Waals surface area contributed by atoms with Crippen LogP contribution in [-0.4, -0.2) is 31.9 Å². The molecule has 7 nitrogen and oxygen atoms in total. The summed E-state index contributed by atoms with van der Waals surface area (Å²) in [6.07, 6.45) is 3.56. The monoisotopic (exact) mass is 346 g/mol. The average Bonchev–Trinajstić information content (AvgIpc) is 2.45. The summed E-state index contributed by atoms with van der Waals surface area (Å²) in [6, 6.07) is 0. The number of aromatic nitrogens is 3. The second kappa shape index (κ2) is 6.21. The lowest BCUT2D eigenvalue weighted by Crippen LogP contribution is -2.18. The maximum absolute atomic E-state index is 12.1. The van der Waals surface area contributed by atoms with Gasteiger partial charge in [0.25, 0.3) is 5.91 Å². The van der Waals surface area contributed by atoms with Crippen LogP contribution < -0.4 is 5.32 Å². The van der Waals surface area contributed by atoms with Gasteiger partial charge in [0.1, 0.15) is 5.69 Å². The maximum Gasteiger partial charge on any atom is 0.358 e. The molecule has 2 rings (SSSR count). The summed E-state index contributed by atoms with van der Waals surface area (Å²) >= 11 is 17.4. The van der Waals surface area contributed by atoms with Crippen LogP contribution in [0.15, 0.2) is 18.6 Å². The number of nitrogens with one attached hydrogen (secondary N) is 1. The summed E-state index contributed by atoms with van der Waals surface area (Å²) in [5, 5.41) is 11.1. The molecule has 2 N–H and O–H groups in total. The highest BCUT2D eigenvalue weighted by Crippen LogP contribution is 2.31. The Balaban J connectivity index is 2.36. The summed E-state index contributed by atoms with van der Waals surface area (Å²) in [5.74, 6) is -2.37. The minimum Gasteiger partial charge on any atom is -0.476 e. The number of carboxylic acid groups (broad SMARTS) is 1. The number of pyridine rings is 1. The fourth-order valence-corrected chi connectivity index (χ4v) is 1.92. The summed E-state index contributed by atoms with van der Waals surface area (Å²) < 4.78 is 0. The Morgan fingerprint density at radius 1 is 1.00 bits per heavy atom. The number of nitrogens with zero attached hydrogens (tertiary/aromatic N) is 3. The Hall–Kier alpha value is -1.96. The van der Waals surface area contributed by atoms with Gasteiger partial charge < -0.3 is 10.4 Å². The molecule has 0 radical (unpaired) electrons. The fraction of sp³-hybridized carbons (Fsp3) is 0. The molecule has 0 spiro atoms. The van der Waals surface area contributed by atoms with Gasteiger partial charge in [-0.25, -0.2) is 19.7 Å². The molecule has 0 bridgehead atoms. The minimum atomic E-state index is -1.34. The maximum atomic E-state index is 12.1. The largest absolute Gasteiger partial charge is 0.476 e. The van der Waals surface area contributed by atoms with Gasteiger partial charge in [0, 0.05) is 18.6 Å². The molecule has 10 heteroatoms. The van der Waals surface area contributed by atoms with Crippen LogP contribution in [0.25, 0.3) is 0 Å². The molecule has 0 aliphatic heterocycles. The standard InChI is InChI=1S/C11H5Cl3N4O3/c12-4-3-17-7(6(14)5(4)13)10(19)18-9-8(11(20)21)15-1-2-16-9/h1-3H,(H,20,21)(H,16,18,19). The lowest BCUT2D eigenvalue weighted by Gasteiger charge is -2.08. The summed E-state index contributed by atoms with van der Waals surface area (Å²) in [6.45, 7) is 0. The zero-order chi connectivity index (χ0) is 15.6. The van der Waals surface area contributed by atoms with Crippen molar-refractivity contribution in [2.75, 3.05) is 5.32 Å². The van der Waals surface area contributed by atoms with Crippen molar-refractivity contribution in [2.24, 2.45) is 0 Å². The first kappa shape index (κ1) is 15.4. The van der Waals surface area contributed by atoms with E-state index < -0.39 is 17.6 Å². The quantitative estimate of drug-likeness (QED) is 0.884. The second-order valence-corrected chi connectivity index (χ2v) is 4.76. The van der Waals surface area contributed by atoms with E-state index in [0.717, 1.165) is 6.20 Å². The van der Waals surface area contributed by atoms with Crippen LogP contribution in [0.3, 0.4) is 0 Å². The van der Waals surface area contributed by atoms with Crippen LogP contribution in [0.1, 0.15) is 21.0 Å². The van der Waals surface area contributed by atoms with Crippen LogP contribution in [0.4, 0.5) is 5.82 Å². The lowest BCUT2D eigenvalue weighted by atomic mass is 10.3. The molecule has 0 aliphatic rings. The van der Waals surface area contributed by atoms with Gasteiger partial charge in [-0.1, -0.05) is 34.8 Å². The van der Waals surface area contributed by atoms with Crippen molar-refractivity contribution in [3.8, 4) is 0 Å². The Morgan fingerprint density at radius 2 is 1.67 bits per heavy atom. The molecule has 108 valence electrons. The molecule has 0 saturated carbocycles.